The summed E-state index contributed by atoms with van der Waals surface area (Å²) in [7, 11) is 0. The summed E-state index contributed by atoms with van der Waals surface area (Å²) in [5.41, 5.74) is 0. The van der Waals surface area contributed by atoms with Crippen molar-refractivity contribution < 1.29 is 4.74 Å². The lowest BCUT2D eigenvalue weighted by atomic mass is 9.98. The molecule has 0 atom stereocenters. The van der Waals surface area contributed by atoms with Crippen molar-refractivity contribution in [3.05, 3.63) is 27.8 Å². The first kappa shape index (κ1) is 10.3. The van der Waals surface area contributed by atoms with Crippen molar-refractivity contribution in [3.8, 4) is 5.75 Å². The molecule has 0 bridgehead atoms. The summed E-state index contributed by atoms with van der Waals surface area (Å²) in [6, 6.07) is 8.31. The summed E-state index contributed by atoms with van der Waals surface area (Å²) in [6.45, 7) is 0. The largest absolute Gasteiger partial charge is 0.490 e. The summed E-state index contributed by atoms with van der Waals surface area (Å²) < 4.78 is 7.18. The molecule has 76 valence electrons. The fourth-order valence-corrected chi connectivity index (χ4v) is 2.43. The van der Waals surface area contributed by atoms with Gasteiger partial charge in [-0.3, -0.25) is 0 Å². The molecule has 1 aromatic rings. The molecule has 2 heteroatoms. The molecule has 2 rings (SSSR count). The van der Waals surface area contributed by atoms with Crippen LogP contribution in [0.4, 0.5) is 0 Å². The van der Waals surface area contributed by atoms with Crippen molar-refractivity contribution in [1.82, 2.24) is 0 Å². The zero-order chi connectivity index (χ0) is 9.80. The highest BCUT2D eigenvalue weighted by Gasteiger charge is 2.14. The second-order valence-corrected chi connectivity index (χ2v) is 5.08. The maximum absolute atomic E-state index is 5.93. The zero-order valence-corrected chi connectivity index (χ0v) is 10.4. The Morgan fingerprint density at radius 2 is 1.93 bits per heavy atom. The Balaban J connectivity index is 1.95. The Labute approximate surface area is 99.0 Å². The fraction of sp³-hybridized carbons (Fsp3) is 0.500. The molecule has 0 spiro atoms. The van der Waals surface area contributed by atoms with E-state index in [0.29, 0.717) is 6.10 Å². The van der Waals surface area contributed by atoms with Gasteiger partial charge in [0.25, 0.3) is 0 Å². The smallest absolute Gasteiger partial charge is 0.120 e. The van der Waals surface area contributed by atoms with Gasteiger partial charge in [-0.2, -0.15) is 0 Å². The molecule has 14 heavy (non-hydrogen) atoms. The van der Waals surface area contributed by atoms with Crippen LogP contribution in [0.3, 0.4) is 0 Å². The molecule has 0 unspecified atom stereocenters. The maximum atomic E-state index is 5.93. The van der Waals surface area contributed by atoms with Gasteiger partial charge in [0.05, 0.1) is 6.10 Å². The van der Waals surface area contributed by atoms with Gasteiger partial charge in [-0.15, -0.1) is 0 Å². The molecule has 0 radical (unpaired) electrons. The van der Waals surface area contributed by atoms with Crippen molar-refractivity contribution in [2.24, 2.45) is 0 Å². The lowest BCUT2D eigenvalue weighted by molar-refractivity contribution is 0.155. The highest BCUT2D eigenvalue weighted by atomic mass is 127. The quantitative estimate of drug-likeness (QED) is 0.750. The lowest BCUT2D eigenvalue weighted by Crippen LogP contribution is -2.19. The summed E-state index contributed by atoms with van der Waals surface area (Å²) in [6.07, 6.45) is 6.95. The van der Waals surface area contributed by atoms with Crippen molar-refractivity contribution in [1.29, 1.82) is 0 Å². The molecule has 1 aromatic carbocycles. The highest BCUT2D eigenvalue weighted by Crippen LogP contribution is 2.24. The number of hydrogen-bond donors (Lipinski definition) is 0. The van der Waals surface area contributed by atoms with E-state index in [1.807, 2.05) is 0 Å². The predicted molar refractivity (Wildman–Crippen MR) is 66.7 cm³/mol. The van der Waals surface area contributed by atoms with Crippen LogP contribution in [0.5, 0.6) is 5.75 Å². The second-order valence-electron chi connectivity index (χ2n) is 3.84. The van der Waals surface area contributed by atoms with Crippen molar-refractivity contribution >= 4 is 22.6 Å². The van der Waals surface area contributed by atoms with E-state index in [-0.39, 0.29) is 0 Å². The van der Waals surface area contributed by atoms with Crippen LogP contribution < -0.4 is 4.74 Å². The maximum Gasteiger partial charge on any atom is 0.120 e. The third-order valence-corrected chi connectivity index (χ3v) is 3.32. The SMILES string of the molecule is Ic1cccc(OC2CCCCC2)c1. The van der Waals surface area contributed by atoms with Gasteiger partial charge in [0.1, 0.15) is 5.75 Å². The molecule has 1 nitrogen and oxygen atoms in total. The van der Waals surface area contributed by atoms with Gasteiger partial charge in [-0.05, 0) is 66.5 Å². The minimum atomic E-state index is 0.460. The molecule has 1 aliphatic rings. The number of rotatable bonds is 2. The predicted octanol–water partition coefficient (Wildman–Crippen LogP) is 4.00. The van der Waals surface area contributed by atoms with E-state index in [1.165, 1.54) is 35.7 Å². The molecule has 0 amide bonds. The van der Waals surface area contributed by atoms with Gasteiger partial charge in [-0.1, -0.05) is 12.5 Å². The van der Waals surface area contributed by atoms with Crippen LogP contribution >= 0.6 is 22.6 Å². The monoisotopic (exact) mass is 302 g/mol. The summed E-state index contributed by atoms with van der Waals surface area (Å²) in [4.78, 5) is 0. The van der Waals surface area contributed by atoms with Gasteiger partial charge in [-0.25, -0.2) is 0 Å². The molecule has 1 fully saturated rings. The molecular formula is C12H15IO. The van der Waals surface area contributed by atoms with E-state index in [9.17, 15) is 0 Å². The van der Waals surface area contributed by atoms with Crippen molar-refractivity contribution in [2.75, 3.05) is 0 Å². The first-order chi connectivity index (χ1) is 6.84. The van der Waals surface area contributed by atoms with Crippen LogP contribution in [0.15, 0.2) is 24.3 Å². The normalized spacial score (nSPS) is 18.1. The number of hydrogen-bond acceptors (Lipinski definition) is 1. The van der Waals surface area contributed by atoms with Crippen LogP contribution in [-0.4, -0.2) is 6.10 Å². The number of ether oxygens (including phenoxy) is 1. The van der Waals surface area contributed by atoms with E-state index in [0.717, 1.165) is 5.75 Å². The molecule has 0 aliphatic heterocycles. The first-order valence-corrected chi connectivity index (χ1v) is 6.35. The molecule has 1 saturated carbocycles. The van der Waals surface area contributed by atoms with E-state index in [2.05, 4.69) is 46.9 Å². The third-order valence-electron chi connectivity index (χ3n) is 2.65. The Kier molecular flexibility index (Phi) is 3.67. The Morgan fingerprint density at radius 3 is 2.64 bits per heavy atom. The summed E-state index contributed by atoms with van der Waals surface area (Å²) in [5.74, 6) is 1.03. The molecular weight excluding hydrogens is 287 g/mol. The topological polar surface area (TPSA) is 9.23 Å². The van der Waals surface area contributed by atoms with E-state index < -0.39 is 0 Å². The first-order valence-electron chi connectivity index (χ1n) is 5.27. The van der Waals surface area contributed by atoms with Crippen LogP contribution in [0.1, 0.15) is 32.1 Å². The Bertz CT molecular complexity index is 292. The lowest BCUT2D eigenvalue weighted by Gasteiger charge is -2.22. The average molecular weight is 302 g/mol. The third kappa shape index (κ3) is 2.87. The van der Waals surface area contributed by atoms with E-state index in [4.69, 9.17) is 4.74 Å². The standard InChI is InChI=1S/C12H15IO/c13-10-5-4-8-12(9-10)14-11-6-2-1-3-7-11/h4-5,8-9,11H,1-3,6-7H2. The number of benzene rings is 1. The fourth-order valence-electron chi connectivity index (χ4n) is 1.92. The van der Waals surface area contributed by atoms with Crippen LogP contribution in [0.25, 0.3) is 0 Å². The van der Waals surface area contributed by atoms with Gasteiger partial charge >= 0.3 is 0 Å². The van der Waals surface area contributed by atoms with Gasteiger partial charge < -0.3 is 4.74 Å². The number of halogens is 1. The molecule has 0 N–H and O–H groups in total. The van der Waals surface area contributed by atoms with Crippen LogP contribution in [0.2, 0.25) is 0 Å². The van der Waals surface area contributed by atoms with E-state index >= 15 is 0 Å². The van der Waals surface area contributed by atoms with Gasteiger partial charge in [0.2, 0.25) is 0 Å². The minimum absolute atomic E-state index is 0.460. The highest BCUT2D eigenvalue weighted by molar-refractivity contribution is 14.1. The summed E-state index contributed by atoms with van der Waals surface area (Å²) >= 11 is 2.32. The second kappa shape index (κ2) is 5.01. The zero-order valence-electron chi connectivity index (χ0n) is 8.21. The van der Waals surface area contributed by atoms with Crippen molar-refractivity contribution in [2.45, 2.75) is 38.2 Å². The van der Waals surface area contributed by atoms with Crippen LogP contribution in [0, 0.1) is 3.57 Å². The van der Waals surface area contributed by atoms with Crippen molar-refractivity contribution in [3.63, 3.8) is 0 Å². The Morgan fingerprint density at radius 1 is 1.14 bits per heavy atom. The Hall–Kier alpha value is -0.250. The molecule has 0 aromatic heterocycles. The molecule has 1 aliphatic carbocycles. The minimum Gasteiger partial charge on any atom is -0.490 e. The average Bonchev–Trinajstić information content (AvgIpc) is 2.19. The van der Waals surface area contributed by atoms with Gasteiger partial charge in [0.15, 0.2) is 0 Å². The van der Waals surface area contributed by atoms with Crippen LogP contribution in [-0.2, 0) is 0 Å². The van der Waals surface area contributed by atoms with Gasteiger partial charge in [0, 0.05) is 3.57 Å². The summed E-state index contributed by atoms with van der Waals surface area (Å²) in [5, 5.41) is 0. The molecule has 0 heterocycles. The van der Waals surface area contributed by atoms with E-state index in [1.54, 1.807) is 0 Å². The molecule has 0 saturated heterocycles.